The molecule has 0 saturated carbocycles. The van der Waals surface area contributed by atoms with E-state index in [1.54, 1.807) is 11.3 Å². The topological polar surface area (TPSA) is 26.0 Å². The van der Waals surface area contributed by atoms with Crippen molar-refractivity contribution >= 4 is 33.9 Å². The summed E-state index contributed by atoms with van der Waals surface area (Å²) in [4.78, 5) is 0. The minimum Gasteiger partial charge on any atom is -0.320 e. The number of hydrogen-bond acceptors (Lipinski definition) is 2. The zero-order valence-corrected chi connectivity index (χ0v) is 10.5. The molecule has 0 fully saturated rings. The molecule has 0 bridgehead atoms. The molecule has 1 nitrogen and oxygen atoms in total. The van der Waals surface area contributed by atoms with Crippen LogP contribution in [0.15, 0.2) is 41.8 Å². The van der Waals surface area contributed by atoms with Crippen LogP contribution in [0, 0.1) is 2.88 Å². The van der Waals surface area contributed by atoms with E-state index in [1.807, 2.05) is 18.2 Å². The number of halogens is 1. The molecule has 0 spiro atoms. The highest BCUT2D eigenvalue weighted by Gasteiger charge is 2.09. The molecular weight excluding hydrogens is 305 g/mol. The lowest BCUT2D eigenvalue weighted by Crippen LogP contribution is -2.10. The van der Waals surface area contributed by atoms with Gasteiger partial charge in [-0.3, -0.25) is 0 Å². The Kier molecular flexibility index (Phi) is 3.20. The Morgan fingerprint density at radius 3 is 2.43 bits per heavy atom. The van der Waals surface area contributed by atoms with Crippen LogP contribution in [-0.2, 0) is 0 Å². The number of thiophene rings is 1. The Balaban J connectivity index is 2.29. The van der Waals surface area contributed by atoms with Crippen molar-refractivity contribution in [3.05, 3.63) is 55.8 Å². The largest absolute Gasteiger partial charge is 0.320 e. The second kappa shape index (κ2) is 4.42. The van der Waals surface area contributed by atoms with Crippen molar-refractivity contribution in [2.24, 2.45) is 5.73 Å². The lowest BCUT2D eigenvalue weighted by atomic mass is 10.0. The molecule has 0 saturated heterocycles. The van der Waals surface area contributed by atoms with Crippen LogP contribution in [0.5, 0.6) is 0 Å². The summed E-state index contributed by atoms with van der Waals surface area (Å²) in [5, 5.41) is 2.12. The highest BCUT2D eigenvalue weighted by molar-refractivity contribution is 14.1. The minimum atomic E-state index is 0.0102. The zero-order valence-electron chi connectivity index (χ0n) is 7.48. The molecule has 3 heteroatoms. The van der Waals surface area contributed by atoms with E-state index in [-0.39, 0.29) is 6.04 Å². The Bertz CT molecular complexity index is 410. The number of benzene rings is 1. The molecule has 0 amide bonds. The maximum Gasteiger partial charge on any atom is 0.0656 e. The van der Waals surface area contributed by atoms with E-state index in [2.05, 4.69) is 46.2 Å². The minimum absolute atomic E-state index is 0.0102. The summed E-state index contributed by atoms with van der Waals surface area (Å²) < 4.78 is 1.28. The van der Waals surface area contributed by atoms with Crippen LogP contribution in [0.25, 0.3) is 0 Å². The van der Waals surface area contributed by atoms with Gasteiger partial charge in [-0.2, -0.15) is 0 Å². The van der Waals surface area contributed by atoms with Gasteiger partial charge in [-0.05, 0) is 45.2 Å². The second-order valence-electron chi connectivity index (χ2n) is 3.07. The monoisotopic (exact) mass is 315 g/mol. The van der Waals surface area contributed by atoms with Crippen LogP contribution < -0.4 is 5.73 Å². The predicted octanol–water partition coefficient (Wildman–Crippen LogP) is 3.40. The summed E-state index contributed by atoms with van der Waals surface area (Å²) in [5.41, 5.74) is 8.50. The van der Waals surface area contributed by atoms with Crippen molar-refractivity contribution < 1.29 is 0 Å². The summed E-state index contributed by atoms with van der Waals surface area (Å²) in [6.45, 7) is 0. The number of rotatable bonds is 2. The molecule has 1 aromatic heterocycles. The molecule has 2 N–H and O–H groups in total. The van der Waals surface area contributed by atoms with E-state index in [0.717, 1.165) is 0 Å². The van der Waals surface area contributed by atoms with Gasteiger partial charge >= 0.3 is 0 Å². The lowest BCUT2D eigenvalue weighted by Gasteiger charge is -2.09. The Morgan fingerprint density at radius 1 is 1.14 bits per heavy atom. The molecule has 0 aliphatic heterocycles. The van der Waals surface area contributed by atoms with Gasteiger partial charge in [0.1, 0.15) is 0 Å². The SMILES string of the molecule is NC(c1ccccc1)c1csc(I)c1. The van der Waals surface area contributed by atoms with Gasteiger partial charge in [0.15, 0.2) is 0 Å². The van der Waals surface area contributed by atoms with Gasteiger partial charge in [0, 0.05) is 0 Å². The first-order valence-corrected chi connectivity index (χ1v) is 6.27. The molecule has 1 aromatic carbocycles. The number of hydrogen-bond donors (Lipinski definition) is 1. The quantitative estimate of drug-likeness (QED) is 0.845. The predicted molar refractivity (Wildman–Crippen MR) is 69.5 cm³/mol. The first-order chi connectivity index (χ1) is 6.77. The fraction of sp³-hybridized carbons (Fsp3) is 0.0909. The van der Waals surface area contributed by atoms with E-state index in [1.165, 1.54) is 14.0 Å². The number of nitrogens with two attached hydrogens (primary N) is 1. The fourth-order valence-corrected chi connectivity index (χ4v) is 2.75. The Labute approximate surface area is 101 Å². The smallest absolute Gasteiger partial charge is 0.0656 e. The lowest BCUT2D eigenvalue weighted by molar-refractivity contribution is 0.876. The molecule has 1 unspecified atom stereocenters. The zero-order chi connectivity index (χ0) is 9.97. The van der Waals surface area contributed by atoms with Crippen LogP contribution in [0.4, 0.5) is 0 Å². The molecule has 0 aliphatic carbocycles. The molecule has 14 heavy (non-hydrogen) atoms. The van der Waals surface area contributed by atoms with Gasteiger partial charge in [0.05, 0.1) is 8.93 Å². The normalized spacial score (nSPS) is 12.7. The standard InChI is InChI=1S/C11H10INS/c12-10-6-9(7-14-10)11(13)8-4-2-1-3-5-8/h1-7,11H,13H2. The van der Waals surface area contributed by atoms with Crippen molar-refractivity contribution in [1.29, 1.82) is 0 Å². The molecule has 72 valence electrons. The summed E-state index contributed by atoms with van der Waals surface area (Å²) in [7, 11) is 0. The van der Waals surface area contributed by atoms with E-state index in [9.17, 15) is 0 Å². The van der Waals surface area contributed by atoms with Gasteiger partial charge in [-0.1, -0.05) is 30.3 Å². The summed E-state index contributed by atoms with van der Waals surface area (Å²) in [6, 6.07) is 12.3. The van der Waals surface area contributed by atoms with Gasteiger partial charge in [0.2, 0.25) is 0 Å². The van der Waals surface area contributed by atoms with Crippen molar-refractivity contribution in [3.8, 4) is 0 Å². The fourth-order valence-electron chi connectivity index (χ4n) is 1.34. The van der Waals surface area contributed by atoms with Crippen LogP contribution in [0.1, 0.15) is 17.2 Å². The highest BCUT2D eigenvalue weighted by atomic mass is 127. The van der Waals surface area contributed by atoms with E-state index < -0.39 is 0 Å². The first kappa shape index (κ1) is 10.1. The molecule has 1 heterocycles. The van der Waals surface area contributed by atoms with Crippen molar-refractivity contribution in [2.75, 3.05) is 0 Å². The molecule has 1 atom stereocenters. The van der Waals surface area contributed by atoms with E-state index in [0.29, 0.717) is 0 Å². The van der Waals surface area contributed by atoms with Crippen LogP contribution >= 0.6 is 33.9 Å². The van der Waals surface area contributed by atoms with Crippen LogP contribution in [0.2, 0.25) is 0 Å². The third-order valence-electron chi connectivity index (χ3n) is 2.11. The summed E-state index contributed by atoms with van der Waals surface area (Å²) in [6.07, 6.45) is 0. The Hall–Kier alpha value is -0.390. The second-order valence-corrected chi connectivity index (χ2v) is 5.88. The van der Waals surface area contributed by atoms with Crippen LogP contribution in [-0.4, -0.2) is 0 Å². The first-order valence-electron chi connectivity index (χ1n) is 4.32. The molecule has 0 radical (unpaired) electrons. The maximum absolute atomic E-state index is 6.13. The van der Waals surface area contributed by atoms with Crippen molar-refractivity contribution in [2.45, 2.75) is 6.04 Å². The summed E-state index contributed by atoms with van der Waals surface area (Å²) in [5.74, 6) is 0. The van der Waals surface area contributed by atoms with E-state index in [4.69, 9.17) is 5.73 Å². The van der Waals surface area contributed by atoms with Gasteiger partial charge in [-0.15, -0.1) is 11.3 Å². The molecule has 2 rings (SSSR count). The summed E-state index contributed by atoms with van der Waals surface area (Å²) >= 11 is 4.05. The Morgan fingerprint density at radius 2 is 1.86 bits per heavy atom. The van der Waals surface area contributed by atoms with Gasteiger partial charge < -0.3 is 5.73 Å². The maximum atomic E-state index is 6.13. The molecular formula is C11H10INS. The third kappa shape index (κ3) is 2.16. The molecule has 0 aliphatic rings. The van der Waals surface area contributed by atoms with Crippen molar-refractivity contribution in [3.63, 3.8) is 0 Å². The van der Waals surface area contributed by atoms with Gasteiger partial charge in [-0.25, -0.2) is 0 Å². The van der Waals surface area contributed by atoms with E-state index >= 15 is 0 Å². The average molecular weight is 315 g/mol. The third-order valence-corrected chi connectivity index (χ3v) is 3.91. The van der Waals surface area contributed by atoms with Crippen LogP contribution in [0.3, 0.4) is 0 Å². The van der Waals surface area contributed by atoms with Gasteiger partial charge in [0.25, 0.3) is 0 Å². The molecule has 2 aromatic rings. The van der Waals surface area contributed by atoms with Crippen molar-refractivity contribution in [1.82, 2.24) is 0 Å². The average Bonchev–Trinajstić information content (AvgIpc) is 2.65. The highest BCUT2D eigenvalue weighted by Crippen LogP contribution is 2.25.